The molecule has 0 amide bonds. The van der Waals surface area contributed by atoms with Gasteiger partial charge in [0.15, 0.2) is 6.10 Å². The van der Waals surface area contributed by atoms with Crippen molar-refractivity contribution in [2.24, 2.45) is 0 Å². The van der Waals surface area contributed by atoms with Crippen LogP contribution in [0.1, 0.15) is 155 Å². The summed E-state index contributed by atoms with van der Waals surface area (Å²) in [5.74, 6) is -1.20. The van der Waals surface area contributed by atoms with Gasteiger partial charge in [-0.05, 0) is 70.6 Å². The minimum atomic E-state index is -5.14. The molecule has 6 N–H and O–H groups in total. The molecule has 0 bridgehead atoms. The molecule has 1 aliphatic carbocycles. The molecule has 7 unspecified atom stereocenters. The number of hydrogen-bond donors (Lipinski definition) is 6. The van der Waals surface area contributed by atoms with Crippen LogP contribution >= 0.6 is 7.82 Å². The fourth-order valence-electron chi connectivity index (χ4n) is 6.39. The first-order valence-electron chi connectivity index (χ1n) is 22.7. The first-order valence-corrected chi connectivity index (χ1v) is 24.2. The van der Waals surface area contributed by atoms with E-state index in [0.717, 1.165) is 77.0 Å². The number of phosphoric acid groups is 1. The number of carbonyl (C=O) groups is 2. The minimum absolute atomic E-state index is 0.0162. The van der Waals surface area contributed by atoms with Crippen LogP contribution in [0.25, 0.3) is 0 Å². The van der Waals surface area contributed by atoms with Crippen LogP contribution in [0.2, 0.25) is 0 Å². The molecule has 0 aliphatic heterocycles. The predicted octanol–water partition coefficient (Wildman–Crippen LogP) is 8.72. The zero-order valence-corrected chi connectivity index (χ0v) is 37.8. The molecule has 1 rings (SSSR count). The summed E-state index contributed by atoms with van der Waals surface area (Å²) >= 11 is 0. The molecular formula is C47H79O13P. The minimum Gasteiger partial charge on any atom is -0.462 e. The second-order valence-electron chi connectivity index (χ2n) is 15.5. The van der Waals surface area contributed by atoms with Gasteiger partial charge in [0, 0.05) is 12.8 Å². The van der Waals surface area contributed by atoms with E-state index in [9.17, 15) is 44.6 Å². The van der Waals surface area contributed by atoms with Gasteiger partial charge in [0.1, 0.15) is 43.2 Å². The normalized spacial score (nSPS) is 22.7. The van der Waals surface area contributed by atoms with Crippen LogP contribution in [0.15, 0.2) is 72.9 Å². The van der Waals surface area contributed by atoms with Gasteiger partial charge < -0.3 is 39.9 Å². The average molecular weight is 883 g/mol. The Morgan fingerprint density at radius 3 is 1.49 bits per heavy atom. The van der Waals surface area contributed by atoms with Gasteiger partial charge in [-0.2, -0.15) is 0 Å². The van der Waals surface area contributed by atoms with Crippen LogP contribution < -0.4 is 0 Å². The SMILES string of the molecule is CC/C=C/C/C=C/C/C=C/C/C=C/CCCCCCCCC(=O)OCC(COP(=O)(O)OC1C(O)C(O)C(O)[C@H](O)C1O)OC(=O)CC/C=C/C/C=C/CCCCCCCC. The van der Waals surface area contributed by atoms with Crippen molar-refractivity contribution in [1.82, 2.24) is 0 Å². The van der Waals surface area contributed by atoms with Crippen LogP contribution in [-0.4, -0.2) is 98.3 Å². The maximum Gasteiger partial charge on any atom is 0.472 e. The number of phosphoric ester groups is 1. The Hall–Kier alpha value is -2.71. The number of allylic oxidation sites excluding steroid dienone is 12. The number of aliphatic hydroxyl groups excluding tert-OH is 5. The Kier molecular flexibility index (Phi) is 33.9. The highest BCUT2D eigenvalue weighted by molar-refractivity contribution is 7.47. The van der Waals surface area contributed by atoms with Gasteiger partial charge in [-0.3, -0.25) is 18.6 Å². The Morgan fingerprint density at radius 1 is 0.525 bits per heavy atom. The number of aliphatic hydroxyl groups is 5. The number of hydrogen-bond acceptors (Lipinski definition) is 12. The molecule has 1 saturated carbocycles. The molecule has 0 aromatic rings. The van der Waals surface area contributed by atoms with Crippen molar-refractivity contribution in [3.63, 3.8) is 0 Å². The van der Waals surface area contributed by atoms with Gasteiger partial charge in [0.05, 0.1) is 6.61 Å². The van der Waals surface area contributed by atoms with Crippen LogP contribution in [0.4, 0.5) is 0 Å². The first-order chi connectivity index (χ1) is 29.4. The van der Waals surface area contributed by atoms with Crippen LogP contribution in [0.3, 0.4) is 0 Å². The Balaban J connectivity index is 2.49. The summed E-state index contributed by atoms with van der Waals surface area (Å²) < 4.78 is 33.4. The molecular weight excluding hydrogens is 803 g/mol. The van der Waals surface area contributed by atoms with E-state index < -0.39 is 75.7 Å². The largest absolute Gasteiger partial charge is 0.472 e. The van der Waals surface area contributed by atoms with E-state index in [-0.39, 0.29) is 12.8 Å². The van der Waals surface area contributed by atoms with Crippen LogP contribution in [0.5, 0.6) is 0 Å². The fraction of sp³-hybridized carbons (Fsp3) is 0.702. The number of unbranched alkanes of at least 4 members (excludes halogenated alkanes) is 12. The molecule has 0 heterocycles. The third kappa shape index (κ3) is 29.3. The number of carbonyl (C=O) groups excluding carboxylic acids is 2. The molecule has 0 aromatic heterocycles. The molecule has 8 atom stereocenters. The van der Waals surface area contributed by atoms with Gasteiger partial charge in [-0.15, -0.1) is 0 Å². The van der Waals surface area contributed by atoms with E-state index in [2.05, 4.69) is 74.6 Å². The molecule has 1 aliphatic rings. The van der Waals surface area contributed by atoms with Gasteiger partial charge in [0.2, 0.25) is 0 Å². The topological polar surface area (TPSA) is 210 Å². The Labute approximate surface area is 365 Å². The zero-order valence-electron chi connectivity index (χ0n) is 36.9. The van der Waals surface area contributed by atoms with E-state index in [4.69, 9.17) is 18.5 Å². The molecule has 14 heteroatoms. The van der Waals surface area contributed by atoms with Gasteiger partial charge in [-0.1, -0.05) is 145 Å². The molecule has 0 saturated heterocycles. The Morgan fingerprint density at radius 2 is 0.967 bits per heavy atom. The summed E-state index contributed by atoms with van der Waals surface area (Å²) in [4.78, 5) is 35.6. The first kappa shape index (κ1) is 56.3. The number of ether oxygens (including phenoxy) is 2. The molecule has 350 valence electrons. The molecule has 0 radical (unpaired) electrons. The van der Waals surface area contributed by atoms with Gasteiger partial charge >= 0.3 is 19.8 Å². The van der Waals surface area contributed by atoms with Crippen molar-refractivity contribution in [2.75, 3.05) is 13.2 Å². The van der Waals surface area contributed by atoms with E-state index in [0.29, 0.717) is 12.8 Å². The van der Waals surface area contributed by atoms with E-state index in [1.165, 1.54) is 38.5 Å². The smallest absolute Gasteiger partial charge is 0.462 e. The number of esters is 2. The predicted molar refractivity (Wildman–Crippen MR) is 239 cm³/mol. The third-order valence-electron chi connectivity index (χ3n) is 10.0. The standard InChI is InChI=1S/C47H79O13P/c1-3-5-7-9-11-13-15-17-18-19-20-21-22-24-25-27-29-31-33-35-40(48)57-37-39(38-58-61(55,56)60-47-45(53)43(51)42(50)44(52)46(47)54)59-41(49)36-34-32-30-28-26-23-16-14-12-10-8-6-4-2/h5,7,11,13,17-18,20-21,23,26,30,32,39,42-47,50-54H,3-4,6,8-10,12,14-16,19,22,24-25,27-29,31,33-38H2,1-2H3,(H,55,56)/b7-5+,13-11+,18-17+,21-20+,26-23+,32-30+/t39?,42?,43-,44?,45?,46?,47?/m0/s1. The highest BCUT2D eigenvalue weighted by Crippen LogP contribution is 2.47. The van der Waals surface area contributed by atoms with Crippen molar-refractivity contribution < 1.29 is 63.1 Å². The van der Waals surface area contributed by atoms with Crippen LogP contribution in [0, 0.1) is 0 Å². The summed E-state index contributed by atoms with van der Waals surface area (Å²) in [5, 5.41) is 50.1. The maximum atomic E-state index is 12.8. The average Bonchev–Trinajstić information content (AvgIpc) is 3.24. The lowest BCUT2D eigenvalue weighted by molar-refractivity contribution is -0.220. The monoisotopic (exact) mass is 883 g/mol. The maximum absolute atomic E-state index is 12.8. The van der Waals surface area contributed by atoms with E-state index >= 15 is 0 Å². The van der Waals surface area contributed by atoms with Crippen molar-refractivity contribution in [3.8, 4) is 0 Å². The van der Waals surface area contributed by atoms with Gasteiger partial charge in [0.25, 0.3) is 0 Å². The van der Waals surface area contributed by atoms with Crippen molar-refractivity contribution in [1.29, 1.82) is 0 Å². The van der Waals surface area contributed by atoms with Crippen LogP contribution in [-0.2, 0) is 32.7 Å². The summed E-state index contributed by atoms with van der Waals surface area (Å²) in [6.07, 6.45) is 32.6. The van der Waals surface area contributed by atoms with Crippen molar-refractivity contribution in [2.45, 2.75) is 198 Å². The fourth-order valence-corrected chi connectivity index (χ4v) is 7.36. The lowest BCUT2D eigenvalue weighted by Crippen LogP contribution is -2.64. The molecule has 13 nitrogen and oxygen atoms in total. The highest BCUT2D eigenvalue weighted by atomic mass is 31.2. The highest BCUT2D eigenvalue weighted by Gasteiger charge is 2.51. The molecule has 0 spiro atoms. The summed E-state index contributed by atoms with van der Waals surface area (Å²) in [6.45, 7) is 3.10. The van der Waals surface area contributed by atoms with Crippen molar-refractivity contribution >= 4 is 19.8 Å². The van der Waals surface area contributed by atoms with E-state index in [1.54, 1.807) is 0 Å². The lowest BCUT2D eigenvalue weighted by Gasteiger charge is -2.41. The molecule has 0 aromatic carbocycles. The lowest BCUT2D eigenvalue weighted by atomic mass is 9.85. The summed E-state index contributed by atoms with van der Waals surface area (Å²) in [5.41, 5.74) is 0. The van der Waals surface area contributed by atoms with Gasteiger partial charge in [-0.25, -0.2) is 4.57 Å². The van der Waals surface area contributed by atoms with E-state index in [1.807, 2.05) is 12.2 Å². The summed E-state index contributed by atoms with van der Waals surface area (Å²) in [7, 11) is -5.14. The summed E-state index contributed by atoms with van der Waals surface area (Å²) in [6, 6.07) is 0. The molecule has 61 heavy (non-hydrogen) atoms. The zero-order chi connectivity index (χ0) is 45.0. The number of rotatable bonds is 36. The second-order valence-corrected chi connectivity index (χ2v) is 16.9. The molecule has 1 fully saturated rings. The Bertz CT molecular complexity index is 1340. The second kappa shape index (κ2) is 36.7. The third-order valence-corrected chi connectivity index (χ3v) is 11.0. The van der Waals surface area contributed by atoms with Crippen molar-refractivity contribution in [3.05, 3.63) is 72.9 Å². The quantitative estimate of drug-likeness (QED) is 0.0151.